The Morgan fingerprint density at radius 3 is 2.68 bits per heavy atom. The first-order valence-electron chi connectivity index (χ1n) is 7.03. The van der Waals surface area contributed by atoms with Crippen LogP contribution in [0.2, 0.25) is 0 Å². The summed E-state index contributed by atoms with van der Waals surface area (Å²) in [6, 6.07) is 15.9. The van der Waals surface area contributed by atoms with E-state index in [1.54, 1.807) is 18.2 Å². The molecule has 112 valence electrons. The van der Waals surface area contributed by atoms with Gasteiger partial charge in [-0.25, -0.2) is 4.39 Å². The first-order valence-corrected chi connectivity index (χ1v) is 7.03. The van der Waals surface area contributed by atoms with Crippen LogP contribution in [-0.4, -0.2) is 17.7 Å². The summed E-state index contributed by atoms with van der Waals surface area (Å²) in [6.45, 7) is 0.131. The Hall–Kier alpha value is -2.69. The van der Waals surface area contributed by atoms with Gasteiger partial charge in [-0.3, -0.25) is 4.79 Å². The normalized spacial score (nSPS) is 16.8. The van der Waals surface area contributed by atoms with Crippen molar-refractivity contribution in [3.8, 4) is 0 Å². The van der Waals surface area contributed by atoms with Crippen LogP contribution in [-0.2, 0) is 16.2 Å². The van der Waals surface area contributed by atoms with Crippen LogP contribution in [0.25, 0.3) is 0 Å². The molecule has 1 unspecified atom stereocenters. The SMILES string of the molecule is O=C(NCc1ccccc1F)C1CC(c2ccccc2)=NO1. The lowest BCUT2D eigenvalue weighted by Crippen LogP contribution is -2.34. The van der Waals surface area contributed by atoms with Crippen molar-refractivity contribution in [2.45, 2.75) is 19.1 Å². The lowest BCUT2D eigenvalue weighted by atomic mass is 10.0. The molecule has 2 aromatic carbocycles. The van der Waals surface area contributed by atoms with Crippen molar-refractivity contribution in [3.63, 3.8) is 0 Å². The van der Waals surface area contributed by atoms with E-state index in [9.17, 15) is 9.18 Å². The highest BCUT2D eigenvalue weighted by Gasteiger charge is 2.28. The Labute approximate surface area is 127 Å². The molecule has 0 bridgehead atoms. The van der Waals surface area contributed by atoms with Crippen LogP contribution < -0.4 is 5.32 Å². The van der Waals surface area contributed by atoms with Gasteiger partial charge in [0.1, 0.15) is 5.82 Å². The van der Waals surface area contributed by atoms with Gasteiger partial charge in [-0.15, -0.1) is 0 Å². The van der Waals surface area contributed by atoms with Crippen LogP contribution in [0, 0.1) is 5.82 Å². The van der Waals surface area contributed by atoms with Crippen molar-refractivity contribution in [3.05, 3.63) is 71.5 Å². The quantitative estimate of drug-likeness (QED) is 0.943. The van der Waals surface area contributed by atoms with Gasteiger partial charge in [-0.2, -0.15) is 0 Å². The molecule has 0 radical (unpaired) electrons. The van der Waals surface area contributed by atoms with E-state index in [4.69, 9.17) is 4.84 Å². The van der Waals surface area contributed by atoms with E-state index < -0.39 is 6.10 Å². The summed E-state index contributed by atoms with van der Waals surface area (Å²) in [4.78, 5) is 17.3. The van der Waals surface area contributed by atoms with E-state index >= 15 is 0 Å². The zero-order chi connectivity index (χ0) is 15.4. The molecule has 1 aliphatic heterocycles. The molecule has 1 atom stereocenters. The van der Waals surface area contributed by atoms with Gasteiger partial charge in [0.15, 0.2) is 0 Å². The summed E-state index contributed by atoms with van der Waals surface area (Å²) in [5.41, 5.74) is 2.12. The topological polar surface area (TPSA) is 50.7 Å². The second kappa shape index (κ2) is 6.39. The van der Waals surface area contributed by atoms with Crippen LogP contribution in [0.5, 0.6) is 0 Å². The van der Waals surface area contributed by atoms with Gasteiger partial charge in [-0.1, -0.05) is 53.7 Å². The minimum atomic E-state index is -0.665. The molecule has 0 spiro atoms. The van der Waals surface area contributed by atoms with Gasteiger partial charge in [0, 0.05) is 18.5 Å². The Balaban J connectivity index is 1.56. The second-order valence-corrected chi connectivity index (χ2v) is 5.01. The minimum Gasteiger partial charge on any atom is -0.382 e. The van der Waals surface area contributed by atoms with E-state index in [1.165, 1.54) is 6.07 Å². The van der Waals surface area contributed by atoms with Gasteiger partial charge in [0.2, 0.25) is 6.10 Å². The van der Waals surface area contributed by atoms with Gasteiger partial charge < -0.3 is 10.2 Å². The molecule has 0 saturated heterocycles. The van der Waals surface area contributed by atoms with Gasteiger partial charge in [0.05, 0.1) is 5.71 Å². The number of oxime groups is 1. The maximum Gasteiger partial charge on any atom is 0.264 e. The number of carbonyl (C=O) groups excluding carboxylic acids is 1. The number of carbonyl (C=O) groups is 1. The lowest BCUT2D eigenvalue weighted by molar-refractivity contribution is -0.131. The highest BCUT2D eigenvalue weighted by Crippen LogP contribution is 2.17. The average Bonchev–Trinajstić information content (AvgIpc) is 3.05. The molecule has 1 aliphatic rings. The Bertz CT molecular complexity index is 701. The summed E-state index contributed by atoms with van der Waals surface area (Å²) < 4.78 is 13.5. The van der Waals surface area contributed by atoms with Crippen molar-refractivity contribution >= 4 is 11.6 Å². The Morgan fingerprint density at radius 1 is 1.18 bits per heavy atom. The second-order valence-electron chi connectivity index (χ2n) is 5.01. The monoisotopic (exact) mass is 298 g/mol. The van der Waals surface area contributed by atoms with E-state index in [0.29, 0.717) is 12.0 Å². The van der Waals surface area contributed by atoms with Gasteiger partial charge in [0.25, 0.3) is 5.91 Å². The number of amides is 1. The van der Waals surface area contributed by atoms with Crippen LogP contribution in [0.3, 0.4) is 0 Å². The highest BCUT2D eigenvalue weighted by atomic mass is 19.1. The number of hydrogen-bond donors (Lipinski definition) is 1. The number of hydrogen-bond acceptors (Lipinski definition) is 3. The van der Waals surface area contributed by atoms with Crippen molar-refractivity contribution in [1.82, 2.24) is 5.32 Å². The Kier molecular flexibility index (Phi) is 4.14. The van der Waals surface area contributed by atoms with Gasteiger partial charge >= 0.3 is 0 Å². The summed E-state index contributed by atoms with van der Waals surface area (Å²) in [5.74, 6) is -0.630. The molecule has 4 nitrogen and oxygen atoms in total. The van der Waals surface area contributed by atoms with Crippen molar-refractivity contribution in [2.75, 3.05) is 0 Å². The van der Waals surface area contributed by atoms with Crippen molar-refractivity contribution < 1.29 is 14.0 Å². The summed E-state index contributed by atoms with van der Waals surface area (Å²) in [7, 11) is 0. The minimum absolute atomic E-state index is 0.131. The number of halogens is 1. The number of nitrogens with zero attached hydrogens (tertiary/aromatic N) is 1. The molecule has 1 N–H and O–H groups in total. The highest BCUT2D eigenvalue weighted by molar-refractivity contribution is 6.04. The first kappa shape index (κ1) is 14.3. The summed E-state index contributed by atoms with van der Waals surface area (Å²) in [5, 5.41) is 6.64. The molecule has 0 aliphatic carbocycles. The zero-order valence-corrected chi connectivity index (χ0v) is 11.8. The fraction of sp³-hybridized carbons (Fsp3) is 0.176. The molecule has 0 fully saturated rings. The maximum absolute atomic E-state index is 13.5. The standard InChI is InChI=1S/C17H15FN2O2/c18-14-9-5-4-8-13(14)11-19-17(21)16-10-15(20-22-16)12-6-2-1-3-7-12/h1-9,16H,10-11H2,(H,19,21). The molecular weight excluding hydrogens is 283 g/mol. The number of benzene rings is 2. The first-order chi connectivity index (χ1) is 10.7. The molecular formula is C17H15FN2O2. The van der Waals surface area contributed by atoms with E-state index in [1.807, 2.05) is 30.3 Å². The molecule has 3 rings (SSSR count). The molecule has 1 amide bonds. The van der Waals surface area contributed by atoms with E-state index in [-0.39, 0.29) is 18.3 Å². The smallest absolute Gasteiger partial charge is 0.264 e. The molecule has 1 heterocycles. The van der Waals surface area contributed by atoms with Crippen molar-refractivity contribution in [2.24, 2.45) is 5.16 Å². The number of rotatable bonds is 4. The van der Waals surface area contributed by atoms with Crippen LogP contribution in [0.4, 0.5) is 4.39 Å². The largest absolute Gasteiger partial charge is 0.382 e. The van der Waals surface area contributed by atoms with Gasteiger partial charge in [-0.05, 0) is 11.6 Å². The molecule has 22 heavy (non-hydrogen) atoms. The van der Waals surface area contributed by atoms with Crippen molar-refractivity contribution in [1.29, 1.82) is 0 Å². The molecule has 5 heteroatoms. The fourth-order valence-electron chi connectivity index (χ4n) is 2.26. The molecule has 0 saturated carbocycles. The summed E-state index contributed by atoms with van der Waals surface area (Å²) >= 11 is 0. The third-order valence-electron chi connectivity index (χ3n) is 3.48. The lowest BCUT2D eigenvalue weighted by Gasteiger charge is -2.10. The number of nitrogens with one attached hydrogen (secondary N) is 1. The Morgan fingerprint density at radius 2 is 1.91 bits per heavy atom. The predicted molar refractivity (Wildman–Crippen MR) is 80.7 cm³/mol. The molecule has 2 aromatic rings. The third kappa shape index (κ3) is 3.14. The fourth-order valence-corrected chi connectivity index (χ4v) is 2.26. The summed E-state index contributed by atoms with van der Waals surface area (Å²) in [6.07, 6.45) is -0.255. The molecule has 0 aromatic heterocycles. The maximum atomic E-state index is 13.5. The van der Waals surface area contributed by atoms with E-state index in [2.05, 4.69) is 10.5 Å². The predicted octanol–water partition coefficient (Wildman–Crippen LogP) is 2.64. The zero-order valence-electron chi connectivity index (χ0n) is 11.8. The van der Waals surface area contributed by atoms with Crippen LogP contribution >= 0.6 is 0 Å². The van der Waals surface area contributed by atoms with Crippen LogP contribution in [0.15, 0.2) is 59.8 Å². The average molecular weight is 298 g/mol. The van der Waals surface area contributed by atoms with E-state index in [0.717, 1.165) is 11.3 Å². The van der Waals surface area contributed by atoms with Crippen LogP contribution in [0.1, 0.15) is 17.5 Å². The third-order valence-corrected chi connectivity index (χ3v) is 3.48.